The third kappa shape index (κ3) is 2.77. The first-order chi connectivity index (χ1) is 5.92. The SMILES string of the molecule is CC(=O)[C@@H](N)C1CCS(=O)(=O)CC1. The molecule has 1 fully saturated rings. The molecule has 1 aliphatic rings. The molecule has 2 N–H and O–H groups in total. The zero-order valence-electron chi connectivity index (χ0n) is 7.69. The van der Waals surface area contributed by atoms with E-state index in [9.17, 15) is 13.2 Å². The van der Waals surface area contributed by atoms with Gasteiger partial charge in [0.1, 0.15) is 15.6 Å². The Balaban J connectivity index is 2.55. The first-order valence-corrected chi connectivity index (χ1v) is 6.21. The summed E-state index contributed by atoms with van der Waals surface area (Å²) in [6, 6.07) is -0.476. The zero-order valence-corrected chi connectivity index (χ0v) is 8.51. The highest BCUT2D eigenvalue weighted by atomic mass is 32.2. The van der Waals surface area contributed by atoms with Gasteiger partial charge < -0.3 is 5.73 Å². The predicted octanol–water partition coefficient (Wildman–Crippen LogP) is -0.272. The van der Waals surface area contributed by atoms with Gasteiger partial charge in [0, 0.05) is 0 Å². The van der Waals surface area contributed by atoms with Gasteiger partial charge in [0.15, 0.2) is 0 Å². The van der Waals surface area contributed by atoms with Gasteiger partial charge in [0.2, 0.25) is 0 Å². The molecule has 0 bridgehead atoms. The molecule has 0 unspecified atom stereocenters. The van der Waals surface area contributed by atoms with E-state index in [0.717, 1.165) is 0 Å². The van der Waals surface area contributed by atoms with Crippen LogP contribution in [0.15, 0.2) is 0 Å². The fraction of sp³-hybridized carbons (Fsp3) is 0.875. The smallest absolute Gasteiger partial charge is 0.150 e. The Morgan fingerprint density at radius 3 is 2.23 bits per heavy atom. The number of carbonyl (C=O) groups excluding carboxylic acids is 1. The Morgan fingerprint density at radius 2 is 1.85 bits per heavy atom. The first-order valence-electron chi connectivity index (χ1n) is 4.39. The van der Waals surface area contributed by atoms with Crippen LogP contribution in [-0.2, 0) is 14.6 Å². The van der Waals surface area contributed by atoms with E-state index in [2.05, 4.69) is 0 Å². The van der Waals surface area contributed by atoms with Crippen molar-refractivity contribution in [3.63, 3.8) is 0 Å². The molecule has 0 aromatic rings. The Bertz CT molecular complexity index is 283. The summed E-state index contributed by atoms with van der Waals surface area (Å²) >= 11 is 0. The van der Waals surface area contributed by atoms with Crippen molar-refractivity contribution in [2.45, 2.75) is 25.8 Å². The average molecular weight is 205 g/mol. The summed E-state index contributed by atoms with van der Waals surface area (Å²) in [5.41, 5.74) is 5.64. The van der Waals surface area contributed by atoms with Crippen molar-refractivity contribution in [3.8, 4) is 0 Å². The van der Waals surface area contributed by atoms with E-state index in [0.29, 0.717) is 12.8 Å². The Kier molecular flexibility index (Phi) is 3.08. The van der Waals surface area contributed by atoms with Crippen molar-refractivity contribution < 1.29 is 13.2 Å². The van der Waals surface area contributed by atoms with Gasteiger partial charge in [-0.05, 0) is 25.7 Å². The van der Waals surface area contributed by atoms with Gasteiger partial charge in [-0.3, -0.25) is 4.79 Å². The molecule has 0 aromatic carbocycles. The molecule has 1 atom stereocenters. The van der Waals surface area contributed by atoms with Crippen LogP contribution in [0.3, 0.4) is 0 Å². The number of hydrogen-bond acceptors (Lipinski definition) is 4. The molecule has 0 spiro atoms. The fourth-order valence-corrected chi connectivity index (χ4v) is 3.13. The summed E-state index contributed by atoms with van der Waals surface area (Å²) in [6.45, 7) is 1.45. The second kappa shape index (κ2) is 3.75. The van der Waals surface area contributed by atoms with Crippen LogP contribution in [0.25, 0.3) is 0 Å². The van der Waals surface area contributed by atoms with E-state index in [1.807, 2.05) is 0 Å². The minimum absolute atomic E-state index is 0.0516. The van der Waals surface area contributed by atoms with Crippen LogP contribution in [0.2, 0.25) is 0 Å². The van der Waals surface area contributed by atoms with E-state index >= 15 is 0 Å². The summed E-state index contributed by atoms with van der Waals surface area (Å²) in [4.78, 5) is 10.9. The van der Waals surface area contributed by atoms with Crippen LogP contribution >= 0.6 is 0 Å². The Hall–Kier alpha value is -0.420. The number of carbonyl (C=O) groups is 1. The predicted molar refractivity (Wildman–Crippen MR) is 50.0 cm³/mol. The summed E-state index contributed by atoms with van der Waals surface area (Å²) in [5.74, 6) is 0.363. The van der Waals surface area contributed by atoms with Crippen LogP contribution in [0, 0.1) is 5.92 Å². The number of Topliss-reactive ketones (excluding diaryl/α,β-unsaturated/α-hetero) is 1. The van der Waals surface area contributed by atoms with Gasteiger partial charge in [0.25, 0.3) is 0 Å². The first kappa shape index (κ1) is 10.7. The maximum absolute atomic E-state index is 11.1. The van der Waals surface area contributed by atoms with Crippen LogP contribution < -0.4 is 5.73 Å². The van der Waals surface area contributed by atoms with Crippen LogP contribution in [0.1, 0.15) is 19.8 Å². The topological polar surface area (TPSA) is 77.2 Å². The lowest BCUT2D eigenvalue weighted by Gasteiger charge is -2.25. The zero-order chi connectivity index (χ0) is 10.1. The molecule has 13 heavy (non-hydrogen) atoms. The number of rotatable bonds is 2. The van der Waals surface area contributed by atoms with Crippen molar-refractivity contribution in [1.82, 2.24) is 0 Å². The maximum atomic E-state index is 11.1. The average Bonchev–Trinajstić information content (AvgIpc) is 2.03. The molecule has 1 heterocycles. The second-order valence-electron chi connectivity index (χ2n) is 3.63. The van der Waals surface area contributed by atoms with Gasteiger partial charge in [-0.1, -0.05) is 0 Å². The summed E-state index contributed by atoms with van der Waals surface area (Å²) in [7, 11) is -2.84. The summed E-state index contributed by atoms with van der Waals surface area (Å²) < 4.78 is 22.1. The molecule has 0 aliphatic carbocycles. The van der Waals surface area contributed by atoms with Crippen LogP contribution in [0.5, 0.6) is 0 Å². The normalized spacial score (nSPS) is 25.4. The van der Waals surface area contributed by atoms with E-state index < -0.39 is 15.9 Å². The highest BCUT2D eigenvalue weighted by Crippen LogP contribution is 2.21. The van der Waals surface area contributed by atoms with E-state index in [4.69, 9.17) is 5.73 Å². The molecule has 76 valence electrons. The highest BCUT2D eigenvalue weighted by molar-refractivity contribution is 7.91. The van der Waals surface area contributed by atoms with Gasteiger partial charge in [-0.2, -0.15) is 0 Å². The minimum Gasteiger partial charge on any atom is -0.321 e. The molecular weight excluding hydrogens is 190 g/mol. The van der Waals surface area contributed by atoms with E-state index in [-0.39, 0.29) is 23.2 Å². The van der Waals surface area contributed by atoms with E-state index in [1.54, 1.807) is 0 Å². The third-order valence-electron chi connectivity index (χ3n) is 2.58. The van der Waals surface area contributed by atoms with Gasteiger partial charge >= 0.3 is 0 Å². The fourth-order valence-electron chi connectivity index (χ4n) is 1.60. The molecule has 5 heteroatoms. The van der Waals surface area contributed by atoms with Crippen molar-refractivity contribution >= 4 is 15.6 Å². The number of nitrogens with two attached hydrogens (primary N) is 1. The molecule has 4 nitrogen and oxygen atoms in total. The Labute approximate surface area is 78.4 Å². The maximum Gasteiger partial charge on any atom is 0.150 e. The number of ketones is 1. The van der Waals surface area contributed by atoms with E-state index in [1.165, 1.54) is 6.92 Å². The summed E-state index contributed by atoms with van der Waals surface area (Å²) in [6.07, 6.45) is 1.06. The lowest BCUT2D eigenvalue weighted by Crippen LogP contribution is -2.40. The van der Waals surface area contributed by atoms with Crippen LogP contribution in [0.4, 0.5) is 0 Å². The standard InChI is InChI=1S/C8H15NO3S/c1-6(10)8(9)7-2-4-13(11,12)5-3-7/h7-8H,2-5,9H2,1H3/t8-/m1/s1. The molecule has 1 rings (SSSR count). The van der Waals surface area contributed by atoms with Crippen molar-refractivity contribution in [1.29, 1.82) is 0 Å². The second-order valence-corrected chi connectivity index (χ2v) is 5.93. The minimum atomic E-state index is -2.84. The molecule has 0 radical (unpaired) electrons. The monoisotopic (exact) mass is 205 g/mol. The lowest BCUT2D eigenvalue weighted by molar-refractivity contribution is -0.119. The van der Waals surface area contributed by atoms with Gasteiger partial charge in [0.05, 0.1) is 17.5 Å². The lowest BCUT2D eigenvalue weighted by atomic mass is 9.92. The van der Waals surface area contributed by atoms with Crippen molar-refractivity contribution in [2.75, 3.05) is 11.5 Å². The molecule has 1 saturated heterocycles. The highest BCUT2D eigenvalue weighted by Gasteiger charge is 2.29. The number of sulfone groups is 1. The van der Waals surface area contributed by atoms with Crippen molar-refractivity contribution in [3.05, 3.63) is 0 Å². The third-order valence-corrected chi connectivity index (χ3v) is 4.29. The molecule has 0 saturated carbocycles. The molecule has 1 aliphatic heterocycles. The molecule has 0 amide bonds. The quantitative estimate of drug-likeness (QED) is 0.673. The molecule has 0 aromatic heterocycles. The van der Waals surface area contributed by atoms with Crippen LogP contribution in [-0.4, -0.2) is 31.7 Å². The van der Waals surface area contributed by atoms with Gasteiger partial charge in [-0.15, -0.1) is 0 Å². The van der Waals surface area contributed by atoms with Gasteiger partial charge in [-0.25, -0.2) is 8.42 Å². The molecular formula is C8H15NO3S. The Morgan fingerprint density at radius 1 is 1.38 bits per heavy atom. The largest absolute Gasteiger partial charge is 0.321 e. The van der Waals surface area contributed by atoms with Crippen molar-refractivity contribution in [2.24, 2.45) is 11.7 Å². The number of hydrogen-bond donors (Lipinski definition) is 1. The summed E-state index contributed by atoms with van der Waals surface area (Å²) in [5, 5.41) is 0.